The van der Waals surface area contributed by atoms with Crippen molar-refractivity contribution in [1.82, 2.24) is 21.1 Å². The van der Waals surface area contributed by atoms with Crippen molar-refractivity contribution in [1.29, 1.82) is 0 Å². The zero-order valence-electron chi connectivity index (χ0n) is 15.7. The van der Waals surface area contributed by atoms with Crippen LogP contribution in [0.15, 0.2) is 30.3 Å². The maximum absolute atomic E-state index is 12.3. The van der Waals surface area contributed by atoms with Crippen LogP contribution in [0.5, 0.6) is 0 Å². The van der Waals surface area contributed by atoms with Gasteiger partial charge in [-0.1, -0.05) is 43.2 Å². The molecule has 0 bridgehead atoms. The van der Waals surface area contributed by atoms with E-state index in [-0.39, 0.29) is 11.9 Å². The van der Waals surface area contributed by atoms with Crippen LogP contribution >= 0.6 is 0 Å². The molecule has 1 aromatic rings. The fourth-order valence-electron chi connectivity index (χ4n) is 5.03. The highest BCUT2D eigenvalue weighted by Crippen LogP contribution is 2.42. The van der Waals surface area contributed by atoms with Gasteiger partial charge < -0.3 is 10.2 Å². The van der Waals surface area contributed by atoms with Gasteiger partial charge in [-0.15, -0.1) is 0 Å². The normalized spacial score (nSPS) is 26.8. The second kappa shape index (κ2) is 8.07. The van der Waals surface area contributed by atoms with Crippen molar-refractivity contribution in [2.24, 2.45) is 0 Å². The van der Waals surface area contributed by atoms with E-state index in [0.717, 1.165) is 38.9 Å². The summed E-state index contributed by atoms with van der Waals surface area (Å²) in [5.41, 5.74) is 7.96. The number of carbonyl (C=O) groups is 1. The van der Waals surface area contributed by atoms with Gasteiger partial charge in [-0.05, 0) is 37.7 Å². The molecule has 2 aliphatic heterocycles. The summed E-state index contributed by atoms with van der Waals surface area (Å²) in [5, 5.41) is 3.25. The maximum Gasteiger partial charge on any atom is 0.238 e. The minimum atomic E-state index is -0.0622. The molecule has 1 atom stereocenters. The predicted molar refractivity (Wildman–Crippen MR) is 104 cm³/mol. The van der Waals surface area contributed by atoms with E-state index in [1.807, 2.05) is 0 Å². The number of hydrazine groups is 1. The van der Waals surface area contributed by atoms with Gasteiger partial charge in [0.05, 0.1) is 0 Å². The van der Waals surface area contributed by atoms with Gasteiger partial charge >= 0.3 is 0 Å². The minimum absolute atomic E-state index is 0.0622. The standard InChI is InChI=1S/C21H32N4O/c26-20(19-8-13-22-24-19)23-18-9-14-25(15-10-18)16-21(11-4-5-12-21)17-6-2-1-3-7-17/h1-3,6-7,18-19,22,24H,4-5,8-16H2,(H,23,26). The maximum atomic E-state index is 12.3. The number of piperidine rings is 1. The fourth-order valence-corrected chi connectivity index (χ4v) is 5.03. The SMILES string of the molecule is O=C(NC1CCN(CC2(c3ccccc3)CCCC2)CC1)C1CCNN1. The van der Waals surface area contributed by atoms with Gasteiger partial charge in [-0.25, -0.2) is 5.43 Å². The van der Waals surface area contributed by atoms with Crippen LogP contribution in [-0.4, -0.2) is 49.1 Å². The van der Waals surface area contributed by atoms with Crippen molar-refractivity contribution in [2.45, 2.75) is 62.4 Å². The van der Waals surface area contributed by atoms with Gasteiger partial charge in [0, 0.05) is 37.6 Å². The van der Waals surface area contributed by atoms with E-state index < -0.39 is 0 Å². The Morgan fingerprint density at radius 3 is 2.50 bits per heavy atom. The second-order valence-corrected chi connectivity index (χ2v) is 8.32. The Bertz CT molecular complexity index is 585. The Balaban J connectivity index is 1.31. The molecule has 3 N–H and O–H groups in total. The van der Waals surface area contributed by atoms with E-state index in [0.29, 0.717) is 11.5 Å². The Morgan fingerprint density at radius 1 is 1.12 bits per heavy atom. The molecule has 1 aromatic carbocycles. The largest absolute Gasteiger partial charge is 0.352 e. The Hall–Kier alpha value is -1.43. The number of benzene rings is 1. The molecule has 1 amide bonds. The molecule has 0 radical (unpaired) electrons. The first-order valence-electron chi connectivity index (χ1n) is 10.3. The highest BCUT2D eigenvalue weighted by molar-refractivity contribution is 5.82. The molecule has 3 aliphatic rings. The summed E-state index contributed by atoms with van der Waals surface area (Å²) in [7, 11) is 0. The summed E-state index contributed by atoms with van der Waals surface area (Å²) in [6.45, 7) is 4.23. The van der Waals surface area contributed by atoms with Crippen molar-refractivity contribution in [3.63, 3.8) is 0 Å². The number of amides is 1. The molecule has 3 fully saturated rings. The van der Waals surface area contributed by atoms with Crippen molar-refractivity contribution in [3.8, 4) is 0 Å². The smallest absolute Gasteiger partial charge is 0.238 e. The van der Waals surface area contributed by atoms with Crippen LogP contribution in [0.25, 0.3) is 0 Å². The van der Waals surface area contributed by atoms with E-state index in [9.17, 15) is 4.79 Å². The van der Waals surface area contributed by atoms with Crippen LogP contribution < -0.4 is 16.2 Å². The minimum Gasteiger partial charge on any atom is -0.352 e. The first-order chi connectivity index (χ1) is 12.8. The van der Waals surface area contributed by atoms with Crippen LogP contribution in [-0.2, 0) is 10.2 Å². The molecule has 4 rings (SSSR count). The lowest BCUT2D eigenvalue weighted by atomic mass is 9.78. The molecular weight excluding hydrogens is 324 g/mol. The van der Waals surface area contributed by atoms with Gasteiger partial charge in [0.1, 0.15) is 6.04 Å². The van der Waals surface area contributed by atoms with Crippen molar-refractivity contribution in [2.75, 3.05) is 26.2 Å². The van der Waals surface area contributed by atoms with Crippen LogP contribution in [0.1, 0.15) is 50.5 Å². The quantitative estimate of drug-likeness (QED) is 0.755. The first kappa shape index (κ1) is 18.0. The summed E-state index contributed by atoms with van der Waals surface area (Å²) in [4.78, 5) is 14.9. The molecule has 1 saturated carbocycles. The molecule has 1 unspecified atom stereocenters. The molecule has 2 heterocycles. The van der Waals surface area contributed by atoms with Crippen molar-refractivity contribution >= 4 is 5.91 Å². The molecule has 2 saturated heterocycles. The molecule has 26 heavy (non-hydrogen) atoms. The summed E-state index contributed by atoms with van der Waals surface area (Å²) in [6, 6.07) is 11.4. The van der Waals surface area contributed by atoms with Gasteiger partial charge in [-0.3, -0.25) is 10.2 Å². The first-order valence-corrected chi connectivity index (χ1v) is 10.3. The second-order valence-electron chi connectivity index (χ2n) is 8.32. The van der Waals surface area contributed by atoms with Gasteiger partial charge in [-0.2, -0.15) is 0 Å². The molecule has 5 nitrogen and oxygen atoms in total. The van der Waals surface area contributed by atoms with E-state index in [1.54, 1.807) is 0 Å². The highest BCUT2D eigenvalue weighted by Gasteiger charge is 2.38. The average molecular weight is 357 g/mol. The summed E-state index contributed by atoms with van der Waals surface area (Å²) in [6.07, 6.45) is 8.34. The van der Waals surface area contributed by atoms with Crippen LogP contribution in [0, 0.1) is 0 Å². The zero-order valence-corrected chi connectivity index (χ0v) is 15.7. The summed E-state index contributed by atoms with van der Waals surface area (Å²) >= 11 is 0. The Kier molecular flexibility index (Phi) is 5.57. The van der Waals surface area contributed by atoms with Crippen LogP contribution in [0.4, 0.5) is 0 Å². The number of hydrogen-bond donors (Lipinski definition) is 3. The average Bonchev–Trinajstić information content (AvgIpc) is 3.37. The molecule has 1 aliphatic carbocycles. The van der Waals surface area contributed by atoms with E-state index in [4.69, 9.17) is 0 Å². The lowest BCUT2D eigenvalue weighted by Gasteiger charge is -2.39. The number of nitrogens with zero attached hydrogens (tertiary/aromatic N) is 1. The number of likely N-dealkylation sites (tertiary alicyclic amines) is 1. The monoisotopic (exact) mass is 356 g/mol. The Morgan fingerprint density at radius 2 is 1.85 bits per heavy atom. The third-order valence-electron chi connectivity index (χ3n) is 6.56. The van der Waals surface area contributed by atoms with Crippen LogP contribution in [0.3, 0.4) is 0 Å². The van der Waals surface area contributed by atoms with Gasteiger partial charge in [0.25, 0.3) is 0 Å². The summed E-state index contributed by atoms with van der Waals surface area (Å²) in [5.74, 6) is 0.157. The molecule has 0 aromatic heterocycles. The van der Waals surface area contributed by atoms with Gasteiger partial charge in [0.15, 0.2) is 0 Å². The van der Waals surface area contributed by atoms with E-state index in [1.165, 1.54) is 37.8 Å². The highest BCUT2D eigenvalue weighted by atomic mass is 16.2. The summed E-state index contributed by atoms with van der Waals surface area (Å²) < 4.78 is 0. The molecule has 5 heteroatoms. The van der Waals surface area contributed by atoms with E-state index >= 15 is 0 Å². The number of carbonyl (C=O) groups excluding carboxylic acids is 1. The molecule has 142 valence electrons. The molecule has 0 spiro atoms. The van der Waals surface area contributed by atoms with Crippen molar-refractivity contribution in [3.05, 3.63) is 35.9 Å². The number of nitrogens with one attached hydrogen (secondary N) is 3. The van der Waals surface area contributed by atoms with Crippen LogP contribution in [0.2, 0.25) is 0 Å². The lowest BCUT2D eigenvalue weighted by molar-refractivity contribution is -0.123. The Labute approximate surface area is 156 Å². The van der Waals surface area contributed by atoms with Crippen molar-refractivity contribution < 1.29 is 4.79 Å². The number of hydrogen-bond acceptors (Lipinski definition) is 4. The molecular formula is C21H32N4O. The van der Waals surface area contributed by atoms with Gasteiger partial charge in [0.2, 0.25) is 5.91 Å². The predicted octanol–water partition coefficient (Wildman–Crippen LogP) is 1.95. The zero-order chi connectivity index (χ0) is 17.8. The van der Waals surface area contributed by atoms with E-state index in [2.05, 4.69) is 51.4 Å². The fraction of sp³-hybridized carbons (Fsp3) is 0.667. The third-order valence-corrected chi connectivity index (χ3v) is 6.56. The number of rotatable bonds is 5. The lowest BCUT2D eigenvalue weighted by Crippen LogP contribution is -2.51. The third kappa shape index (κ3) is 3.95. The topological polar surface area (TPSA) is 56.4 Å².